The summed E-state index contributed by atoms with van der Waals surface area (Å²) in [6, 6.07) is -0.908. The summed E-state index contributed by atoms with van der Waals surface area (Å²) in [5, 5.41) is 13.8. The zero-order chi connectivity index (χ0) is 48.5. The van der Waals surface area contributed by atoms with Crippen LogP contribution in [0.25, 0.3) is 0 Å². The lowest BCUT2D eigenvalue weighted by molar-refractivity contribution is -0.870. The minimum Gasteiger partial charge on any atom is -0.756 e. The molecule has 0 saturated carbocycles. The number of aliphatic hydroxyl groups is 1. The molecule has 3 atom stereocenters. The highest BCUT2D eigenvalue weighted by atomic mass is 31.2. The second kappa shape index (κ2) is 48.5. The maximum Gasteiger partial charge on any atom is 0.268 e. The maximum absolute atomic E-state index is 12.9. The molecule has 0 bridgehead atoms. The van der Waals surface area contributed by atoms with E-state index >= 15 is 0 Å². The number of unbranched alkanes of at least 4 members (excludes halogenated alkanes) is 32. The van der Waals surface area contributed by atoms with Gasteiger partial charge in [0, 0.05) is 6.42 Å². The van der Waals surface area contributed by atoms with Crippen molar-refractivity contribution in [2.45, 2.75) is 270 Å². The molecule has 0 heterocycles. The molecule has 0 spiro atoms. The predicted octanol–water partition coefficient (Wildman–Crippen LogP) is 16.1. The number of hydrogen-bond donors (Lipinski definition) is 2. The van der Waals surface area contributed by atoms with Crippen molar-refractivity contribution in [1.82, 2.24) is 5.32 Å². The Morgan fingerprint density at radius 1 is 0.515 bits per heavy atom. The molecular weight excluding hydrogens is 840 g/mol. The van der Waals surface area contributed by atoms with Gasteiger partial charge in [-0.1, -0.05) is 229 Å². The molecule has 0 fully saturated rings. The zero-order valence-electron chi connectivity index (χ0n) is 44.1. The van der Waals surface area contributed by atoms with Crippen molar-refractivity contribution in [2.24, 2.45) is 0 Å². The van der Waals surface area contributed by atoms with Crippen LogP contribution in [-0.2, 0) is 18.4 Å². The summed E-state index contributed by atoms with van der Waals surface area (Å²) in [6.07, 6.45) is 63.5. The topological polar surface area (TPSA) is 108 Å². The first kappa shape index (κ1) is 64.5. The summed E-state index contributed by atoms with van der Waals surface area (Å²) >= 11 is 0. The number of hydrogen-bond acceptors (Lipinski definition) is 6. The van der Waals surface area contributed by atoms with Crippen molar-refractivity contribution < 1.29 is 32.9 Å². The summed E-state index contributed by atoms with van der Waals surface area (Å²) < 4.78 is 23.2. The number of aliphatic hydroxyl groups excluding tert-OH is 1. The van der Waals surface area contributed by atoms with Gasteiger partial charge in [0.1, 0.15) is 13.2 Å². The second-order valence-electron chi connectivity index (χ2n) is 20.3. The number of phosphoric ester groups is 1. The molecule has 3 unspecified atom stereocenters. The highest BCUT2D eigenvalue weighted by Gasteiger charge is 2.23. The molecule has 0 aliphatic carbocycles. The fourth-order valence-electron chi connectivity index (χ4n) is 8.06. The highest BCUT2D eigenvalue weighted by molar-refractivity contribution is 7.45. The van der Waals surface area contributed by atoms with E-state index in [0.29, 0.717) is 17.4 Å². The van der Waals surface area contributed by atoms with Crippen molar-refractivity contribution in [2.75, 3.05) is 40.9 Å². The van der Waals surface area contributed by atoms with Crippen LogP contribution < -0.4 is 10.2 Å². The number of allylic oxidation sites excluding steroid dienone is 7. The molecule has 0 saturated heterocycles. The summed E-state index contributed by atoms with van der Waals surface area (Å²) in [6.45, 7) is 4.60. The molecule has 1 amide bonds. The molecule has 0 radical (unpaired) electrons. The molecule has 8 nitrogen and oxygen atoms in total. The van der Waals surface area contributed by atoms with E-state index in [2.05, 4.69) is 55.6 Å². The molecule has 9 heteroatoms. The van der Waals surface area contributed by atoms with Crippen LogP contribution in [0.2, 0.25) is 0 Å². The van der Waals surface area contributed by atoms with Gasteiger partial charge in [-0.15, -0.1) is 0 Å². The van der Waals surface area contributed by atoms with E-state index < -0.39 is 26.6 Å². The summed E-state index contributed by atoms with van der Waals surface area (Å²) in [5.74, 6) is -0.210. The van der Waals surface area contributed by atoms with Gasteiger partial charge in [0.2, 0.25) is 5.91 Å². The smallest absolute Gasteiger partial charge is 0.268 e. The van der Waals surface area contributed by atoms with Crippen LogP contribution in [-0.4, -0.2) is 68.5 Å². The third-order valence-corrected chi connectivity index (χ3v) is 13.5. The predicted molar refractivity (Wildman–Crippen MR) is 284 cm³/mol. The Balaban J connectivity index is 4.06. The molecule has 388 valence electrons. The number of amides is 1. The number of likely N-dealkylation sites (N-methyl/N-ethyl adjacent to an activating group) is 1. The van der Waals surface area contributed by atoms with Gasteiger partial charge < -0.3 is 28.8 Å². The first-order chi connectivity index (χ1) is 32.0. The molecule has 0 aromatic heterocycles. The van der Waals surface area contributed by atoms with Crippen LogP contribution in [0.5, 0.6) is 0 Å². The summed E-state index contributed by atoms with van der Waals surface area (Å²) in [7, 11) is 1.24. The van der Waals surface area contributed by atoms with Crippen LogP contribution in [0.1, 0.15) is 258 Å². The van der Waals surface area contributed by atoms with Crippen molar-refractivity contribution in [3.05, 3.63) is 48.6 Å². The van der Waals surface area contributed by atoms with Gasteiger partial charge in [-0.2, -0.15) is 0 Å². The Kier molecular flexibility index (Phi) is 47.4. The first-order valence-corrected chi connectivity index (χ1v) is 29.5. The fraction of sp³-hybridized carbons (Fsp3) is 0.842. The lowest BCUT2D eigenvalue weighted by atomic mass is 10.0. The van der Waals surface area contributed by atoms with Crippen molar-refractivity contribution in [3.63, 3.8) is 0 Å². The van der Waals surface area contributed by atoms with Gasteiger partial charge in [-0.05, 0) is 70.6 Å². The quantitative estimate of drug-likeness (QED) is 0.0272. The van der Waals surface area contributed by atoms with E-state index in [-0.39, 0.29) is 12.5 Å². The standard InChI is InChI=1S/C57H109N2O6P/c1-6-8-10-12-14-16-18-20-21-22-23-24-25-26-27-28-29-30-31-32-33-34-35-36-37-39-41-43-45-47-49-51-57(61)58-55(54-65-66(62,63)64-53-52-59(3,4)5)56(60)50-48-46-44-42-40-38-19-17-15-13-11-9-7-2/h15,17,22-23,40,42,48,50,55-56,60H,6-14,16,18-21,24-39,41,43-47,49,51-54H2,1-5H3,(H-,58,61,62,63)/b17-15+,23-22-,42-40+,50-48+. The van der Waals surface area contributed by atoms with Gasteiger partial charge >= 0.3 is 0 Å². The molecule has 0 aliphatic rings. The Morgan fingerprint density at radius 2 is 0.848 bits per heavy atom. The van der Waals surface area contributed by atoms with E-state index in [1.807, 2.05) is 27.2 Å². The lowest BCUT2D eigenvalue weighted by Gasteiger charge is -2.29. The van der Waals surface area contributed by atoms with Gasteiger partial charge in [0.25, 0.3) is 7.82 Å². The van der Waals surface area contributed by atoms with E-state index in [9.17, 15) is 19.4 Å². The number of carbonyl (C=O) groups excluding carboxylic acids is 1. The van der Waals surface area contributed by atoms with Crippen LogP contribution in [0.15, 0.2) is 48.6 Å². The number of nitrogens with zero attached hydrogens (tertiary/aromatic N) is 1. The fourth-order valence-corrected chi connectivity index (χ4v) is 8.79. The molecular formula is C57H109N2O6P. The van der Waals surface area contributed by atoms with Gasteiger partial charge in [0.15, 0.2) is 0 Å². The molecule has 0 aromatic rings. The Morgan fingerprint density at radius 3 is 1.26 bits per heavy atom. The molecule has 0 aromatic carbocycles. The maximum atomic E-state index is 12.9. The largest absolute Gasteiger partial charge is 0.756 e. The van der Waals surface area contributed by atoms with Gasteiger partial charge in [0.05, 0.1) is 39.9 Å². The minimum atomic E-state index is -4.60. The van der Waals surface area contributed by atoms with E-state index in [0.717, 1.165) is 51.4 Å². The third kappa shape index (κ3) is 50.3. The van der Waals surface area contributed by atoms with Crippen molar-refractivity contribution in [3.8, 4) is 0 Å². The summed E-state index contributed by atoms with van der Waals surface area (Å²) in [5.41, 5.74) is 0. The zero-order valence-corrected chi connectivity index (χ0v) is 45.0. The summed E-state index contributed by atoms with van der Waals surface area (Å²) in [4.78, 5) is 25.4. The molecule has 66 heavy (non-hydrogen) atoms. The first-order valence-electron chi connectivity index (χ1n) is 28.0. The molecule has 0 rings (SSSR count). The normalized spacial score (nSPS) is 14.3. The van der Waals surface area contributed by atoms with E-state index in [1.165, 1.54) is 186 Å². The van der Waals surface area contributed by atoms with Crippen LogP contribution in [0.3, 0.4) is 0 Å². The van der Waals surface area contributed by atoms with Gasteiger partial charge in [-0.3, -0.25) is 9.36 Å². The number of rotatable bonds is 51. The minimum absolute atomic E-state index is 0.00879. The number of phosphoric acid groups is 1. The Hall–Kier alpha value is -1.54. The monoisotopic (exact) mass is 949 g/mol. The van der Waals surface area contributed by atoms with Crippen molar-refractivity contribution in [1.29, 1.82) is 0 Å². The highest BCUT2D eigenvalue weighted by Crippen LogP contribution is 2.38. The van der Waals surface area contributed by atoms with E-state index in [4.69, 9.17) is 9.05 Å². The third-order valence-electron chi connectivity index (χ3n) is 12.5. The lowest BCUT2D eigenvalue weighted by Crippen LogP contribution is -2.45. The van der Waals surface area contributed by atoms with Crippen LogP contribution in [0, 0.1) is 0 Å². The average molecular weight is 949 g/mol. The SMILES string of the molecule is CCCCC/C=C/CC/C=C/CC/C=C/C(O)C(COP(=O)([O-])OCC[N+](C)(C)C)NC(=O)CCCCCCCCCCCCCCCCCCCCC/C=C\CCCCCCCCCC. The van der Waals surface area contributed by atoms with Crippen LogP contribution in [0.4, 0.5) is 0 Å². The molecule has 2 N–H and O–H groups in total. The number of quaternary nitrogens is 1. The van der Waals surface area contributed by atoms with Crippen molar-refractivity contribution >= 4 is 13.7 Å². The van der Waals surface area contributed by atoms with E-state index in [1.54, 1.807) is 6.08 Å². The van der Waals surface area contributed by atoms with Gasteiger partial charge in [-0.25, -0.2) is 0 Å². The Labute approximate surface area is 409 Å². The number of carbonyl (C=O) groups is 1. The van der Waals surface area contributed by atoms with Crippen LogP contribution >= 0.6 is 7.82 Å². The number of nitrogens with one attached hydrogen (secondary N) is 1. The average Bonchev–Trinajstić information content (AvgIpc) is 3.28. The Bertz CT molecular complexity index is 1210. The second-order valence-corrected chi connectivity index (χ2v) is 21.7. The molecule has 0 aliphatic heterocycles.